The highest BCUT2D eigenvalue weighted by Gasteiger charge is 2.34. The molecule has 172 valence electrons. The van der Waals surface area contributed by atoms with Crippen molar-refractivity contribution in [2.24, 2.45) is 0 Å². The van der Waals surface area contributed by atoms with E-state index in [1.54, 1.807) is 49.4 Å². The van der Waals surface area contributed by atoms with Crippen LogP contribution in [0.5, 0.6) is 0 Å². The smallest absolute Gasteiger partial charge is 0.339 e. The zero-order chi connectivity index (χ0) is 24.4. The number of furan rings is 1. The Morgan fingerprint density at radius 2 is 2.06 bits per heavy atom. The minimum Gasteiger partial charge on any atom is -0.462 e. The van der Waals surface area contributed by atoms with Crippen LogP contribution in [-0.4, -0.2) is 27.7 Å². The number of non-ortho nitro benzene ring substituents is 1. The Morgan fingerprint density at radius 1 is 1.26 bits per heavy atom. The van der Waals surface area contributed by atoms with Crippen molar-refractivity contribution in [3.05, 3.63) is 86.0 Å². The highest BCUT2D eigenvalue weighted by Crippen LogP contribution is 2.37. The summed E-state index contributed by atoms with van der Waals surface area (Å²) in [4.78, 5) is 37.2. The first-order valence-electron chi connectivity index (χ1n) is 9.87. The zero-order valence-corrected chi connectivity index (χ0v) is 19.9. The van der Waals surface area contributed by atoms with Gasteiger partial charge in [-0.05, 0) is 43.3 Å². The molecule has 0 atom stereocenters. The van der Waals surface area contributed by atoms with Gasteiger partial charge in [0.2, 0.25) is 0 Å². The number of amides is 1. The molecule has 1 saturated heterocycles. The van der Waals surface area contributed by atoms with Crippen molar-refractivity contribution >= 4 is 69.2 Å². The highest BCUT2D eigenvalue weighted by atomic mass is 35.5. The van der Waals surface area contributed by atoms with Crippen LogP contribution in [-0.2, 0) is 9.53 Å². The normalized spacial score (nSPS) is 14.6. The maximum atomic E-state index is 13.0. The Kier molecular flexibility index (Phi) is 6.82. The van der Waals surface area contributed by atoms with Crippen LogP contribution in [0.25, 0.3) is 17.4 Å². The van der Waals surface area contributed by atoms with Crippen LogP contribution in [0.3, 0.4) is 0 Å². The molecule has 34 heavy (non-hydrogen) atoms. The van der Waals surface area contributed by atoms with E-state index in [1.807, 2.05) is 0 Å². The molecule has 0 radical (unpaired) electrons. The molecule has 1 amide bonds. The zero-order valence-electron chi connectivity index (χ0n) is 17.5. The Balaban J connectivity index is 1.59. The highest BCUT2D eigenvalue weighted by molar-refractivity contribution is 8.27. The molecule has 0 bridgehead atoms. The number of carbonyl (C=O) groups is 2. The number of thiocarbonyl (C=S) groups is 1. The molecule has 1 aliphatic heterocycles. The first-order valence-corrected chi connectivity index (χ1v) is 11.5. The van der Waals surface area contributed by atoms with Crippen molar-refractivity contribution in [1.82, 2.24) is 0 Å². The Morgan fingerprint density at radius 3 is 2.79 bits per heavy atom. The lowest BCUT2D eigenvalue weighted by atomic mass is 10.1. The standard InChI is InChI=1S/C23H15ClN2O6S2/c1-2-31-22(28)17-10-13(6-8-18(17)24)19-9-7-16(32-19)12-20-21(27)25(23(33)34-20)14-4-3-5-15(11-14)26(29)30/h3-12H,2H2,1H3/b20-12-. The third-order valence-electron chi connectivity index (χ3n) is 4.74. The summed E-state index contributed by atoms with van der Waals surface area (Å²) >= 11 is 12.5. The number of ether oxygens (including phenoxy) is 1. The Hall–Kier alpha value is -3.47. The molecule has 1 aromatic heterocycles. The Labute approximate surface area is 208 Å². The SMILES string of the molecule is CCOC(=O)c1cc(-c2ccc(/C=C3\SC(=S)N(c4cccc([N+](=O)[O-])c4)C3=O)o2)ccc1Cl. The summed E-state index contributed by atoms with van der Waals surface area (Å²) in [5.74, 6) is -0.0969. The van der Waals surface area contributed by atoms with Gasteiger partial charge in [0.25, 0.3) is 11.6 Å². The number of anilines is 1. The fourth-order valence-corrected chi connectivity index (χ4v) is 4.67. The number of thioether (sulfide) groups is 1. The third-order valence-corrected chi connectivity index (χ3v) is 6.37. The molecule has 4 rings (SSSR count). The van der Waals surface area contributed by atoms with Gasteiger partial charge in [-0.15, -0.1) is 0 Å². The van der Waals surface area contributed by atoms with Crippen LogP contribution in [0.2, 0.25) is 5.02 Å². The fourth-order valence-electron chi connectivity index (χ4n) is 3.19. The average molecular weight is 515 g/mol. The number of hydrogen-bond acceptors (Lipinski definition) is 8. The van der Waals surface area contributed by atoms with Crippen LogP contribution in [0.1, 0.15) is 23.0 Å². The van der Waals surface area contributed by atoms with E-state index in [0.717, 1.165) is 11.8 Å². The molecule has 3 aromatic rings. The summed E-state index contributed by atoms with van der Waals surface area (Å²) < 4.78 is 11.1. The second kappa shape index (κ2) is 9.80. The molecular weight excluding hydrogens is 500 g/mol. The number of esters is 1. The van der Waals surface area contributed by atoms with E-state index in [2.05, 4.69) is 0 Å². The molecule has 0 saturated carbocycles. The minimum absolute atomic E-state index is 0.142. The van der Waals surface area contributed by atoms with Gasteiger partial charge in [0.05, 0.1) is 32.7 Å². The van der Waals surface area contributed by atoms with Gasteiger partial charge in [-0.1, -0.05) is 41.6 Å². The van der Waals surface area contributed by atoms with Gasteiger partial charge in [0.15, 0.2) is 4.32 Å². The maximum absolute atomic E-state index is 13.0. The van der Waals surface area contributed by atoms with E-state index in [-0.39, 0.29) is 27.2 Å². The number of nitro benzene ring substituents is 1. The number of carbonyl (C=O) groups excluding carboxylic acids is 2. The topological polar surface area (TPSA) is 103 Å². The number of halogens is 1. The number of benzene rings is 2. The summed E-state index contributed by atoms with van der Waals surface area (Å²) in [6.07, 6.45) is 1.54. The predicted octanol–water partition coefficient (Wildman–Crippen LogP) is 6.09. The van der Waals surface area contributed by atoms with E-state index in [4.69, 9.17) is 33.0 Å². The van der Waals surface area contributed by atoms with E-state index in [1.165, 1.54) is 23.1 Å². The fraction of sp³-hybridized carbons (Fsp3) is 0.0870. The third kappa shape index (κ3) is 4.74. The van der Waals surface area contributed by atoms with Crippen LogP contribution in [0, 0.1) is 10.1 Å². The predicted molar refractivity (Wildman–Crippen MR) is 134 cm³/mol. The van der Waals surface area contributed by atoms with Gasteiger partial charge >= 0.3 is 5.97 Å². The second-order valence-electron chi connectivity index (χ2n) is 6.91. The molecule has 11 heteroatoms. The van der Waals surface area contributed by atoms with Gasteiger partial charge < -0.3 is 9.15 Å². The maximum Gasteiger partial charge on any atom is 0.339 e. The van der Waals surface area contributed by atoms with Crippen molar-refractivity contribution in [3.8, 4) is 11.3 Å². The molecule has 2 aromatic carbocycles. The van der Waals surface area contributed by atoms with Gasteiger partial charge in [0, 0.05) is 23.8 Å². The van der Waals surface area contributed by atoms with Crippen molar-refractivity contribution in [1.29, 1.82) is 0 Å². The molecular formula is C23H15ClN2O6S2. The average Bonchev–Trinajstić information content (AvgIpc) is 3.38. The van der Waals surface area contributed by atoms with Crippen molar-refractivity contribution in [3.63, 3.8) is 0 Å². The quantitative estimate of drug-likeness (QED) is 0.128. The van der Waals surface area contributed by atoms with Gasteiger partial charge in [0.1, 0.15) is 11.5 Å². The van der Waals surface area contributed by atoms with Crippen LogP contribution >= 0.6 is 35.6 Å². The summed E-state index contributed by atoms with van der Waals surface area (Å²) in [6.45, 7) is 1.93. The minimum atomic E-state index is -0.536. The van der Waals surface area contributed by atoms with Crippen LogP contribution in [0.15, 0.2) is 63.9 Å². The van der Waals surface area contributed by atoms with Crippen molar-refractivity contribution < 1.29 is 23.7 Å². The number of nitro groups is 1. The lowest BCUT2D eigenvalue weighted by Gasteiger charge is -2.13. The van der Waals surface area contributed by atoms with E-state index in [0.29, 0.717) is 27.7 Å². The van der Waals surface area contributed by atoms with Crippen LogP contribution < -0.4 is 4.90 Å². The largest absolute Gasteiger partial charge is 0.462 e. The van der Waals surface area contributed by atoms with E-state index >= 15 is 0 Å². The lowest BCUT2D eigenvalue weighted by molar-refractivity contribution is -0.384. The van der Waals surface area contributed by atoms with Gasteiger partial charge in [-0.3, -0.25) is 19.8 Å². The number of rotatable bonds is 6. The number of hydrogen-bond donors (Lipinski definition) is 0. The summed E-state index contributed by atoms with van der Waals surface area (Å²) in [6, 6.07) is 13.9. The molecule has 0 unspecified atom stereocenters. The molecule has 0 spiro atoms. The van der Waals surface area contributed by atoms with E-state index in [9.17, 15) is 19.7 Å². The van der Waals surface area contributed by atoms with Crippen LogP contribution in [0.4, 0.5) is 11.4 Å². The first-order chi connectivity index (χ1) is 16.3. The molecule has 0 aliphatic carbocycles. The summed E-state index contributed by atoms with van der Waals surface area (Å²) in [7, 11) is 0. The molecule has 8 nitrogen and oxygen atoms in total. The molecule has 1 aliphatic rings. The van der Waals surface area contributed by atoms with Gasteiger partial charge in [-0.25, -0.2) is 4.79 Å². The second-order valence-corrected chi connectivity index (χ2v) is 8.99. The van der Waals surface area contributed by atoms with Crippen molar-refractivity contribution in [2.75, 3.05) is 11.5 Å². The Bertz CT molecular complexity index is 1370. The molecule has 2 heterocycles. The number of nitrogens with zero attached hydrogens (tertiary/aromatic N) is 2. The molecule has 1 fully saturated rings. The molecule has 0 N–H and O–H groups in total. The van der Waals surface area contributed by atoms with Gasteiger partial charge in [-0.2, -0.15) is 0 Å². The first kappa shape index (κ1) is 23.7. The lowest BCUT2D eigenvalue weighted by Crippen LogP contribution is -2.27. The monoisotopic (exact) mass is 514 g/mol. The summed E-state index contributed by atoms with van der Waals surface area (Å²) in [5.41, 5.74) is 0.997. The van der Waals surface area contributed by atoms with E-state index < -0.39 is 16.8 Å². The van der Waals surface area contributed by atoms with Crippen molar-refractivity contribution in [2.45, 2.75) is 6.92 Å². The summed E-state index contributed by atoms with van der Waals surface area (Å²) in [5, 5.41) is 11.3.